The van der Waals surface area contributed by atoms with E-state index in [4.69, 9.17) is 0 Å². The van der Waals surface area contributed by atoms with Crippen LogP contribution in [-0.4, -0.2) is 21.8 Å². The largest absolute Gasteiger partial charge is 0.326 e. The van der Waals surface area contributed by atoms with Crippen molar-refractivity contribution >= 4 is 27.9 Å². The standard InChI is InChI=1S/C18H22N4OS/c1-12-11-22-17(13(2)20-18(22)24-12)10-19-9-8-15-4-6-16(7-5-15)21-14(3)23/h4-7,11,19H,8-10H2,1-3H3,(H,21,23). The number of fused-ring (bicyclic) bond motifs is 1. The van der Waals surface area contributed by atoms with Crippen molar-refractivity contribution in [2.24, 2.45) is 0 Å². The summed E-state index contributed by atoms with van der Waals surface area (Å²) in [5.41, 5.74) is 4.41. The van der Waals surface area contributed by atoms with Crippen LogP contribution in [0.25, 0.3) is 4.96 Å². The fraction of sp³-hybridized carbons (Fsp3) is 0.333. The van der Waals surface area contributed by atoms with E-state index in [9.17, 15) is 4.79 Å². The Bertz CT molecular complexity index is 848. The van der Waals surface area contributed by atoms with Crippen molar-refractivity contribution in [1.82, 2.24) is 14.7 Å². The van der Waals surface area contributed by atoms with Crippen LogP contribution in [0.4, 0.5) is 5.69 Å². The summed E-state index contributed by atoms with van der Waals surface area (Å²) in [6.07, 6.45) is 3.10. The molecular formula is C18H22N4OS. The number of hydrogen-bond donors (Lipinski definition) is 2. The van der Waals surface area contributed by atoms with Crippen LogP contribution < -0.4 is 10.6 Å². The van der Waals surface area contributed by atoms with Crippen molar-refractivity contribution in [2.45, 2.75) is 33.7 Å². The number of hydrogen-bond acceptors (Lipinski definition) is 4. The lowest BCUT2D eigenvalue weighted by atomic mass is 10.1. The van der Waals surface area contributed by atoms with Gasteiger partial charge in [-0.2, -0.15) is 0 Å². The maximum absolute atomic E-state index is 11.0. The van der Waals surface area contributed by atoms with Gasteiger partial charge in [0.05, 0.1) is 11.4 Å². The molecule has 0 atom stereocenters. The van der Waals surface area contributed by atoms with Crippen LogP contribution in [0, 0.1) is 13.8 Å². The number of aryl methyl sites for hydroxylation is 2. The molecule has 0 bridgehead atoms. The topological polar surface area (TPSA) is 58.4 Å². The number of nitrogens with one attached hydrogen (secondary N) is 2. The van der Waals surface area contributed by atoms with Gasteiger partial charge in [-0.3, -0.25) is 9.20 Å². The summed E-state index contributed by atoms with van der Waals surface area (Å²) in [5, 5.41) is 6.28. The van der Waals surface area contributed by atoms with E-state index < -0.39 is 0 Å². The zero-order valence-corrected chi connectivity index (χ0v) is 15.0. The van der Waals surface area contributed by atoms with Gasteiger partial charge in [-0.1, -0.05) is 12.1 Å². The average molecular weight is 342 g/mol. The van der Waals surface area contributed by atoms with Gasteiger partial charge in [0.15, 0.2) is 4.96 Å². The molecule has 0 saturated carbocycles. The summed E-state index contributed by atoms with van der Waals surface area (Å²) < 4.78 is 2.19. The Morgan fingerprint density at radius 2 is 2.00 bits per heavy atom. The summed E-state index contributed by atoms with van der Waals surface area (Å²) in [5.74, 6) is -0.0458. The van der Waals surface area contributed by atoms with Gasteiger partial charge in [-0.25, -0.2) is 4.98 Å². The van der Waals surface area contributed by atoms with E-state index in [0.29, 0.717) is 0 Å². The number of carbonyl (C=O) groups excluding carboxylic acids is 1. The molecule has 3 aromatic rings. The predicted octanol–water partition coefficient (Wildman–Crippen LogP) is 3.30. The zero-order chi connectivity index (χ0) is 17.1. The number of imidazole rings is 1. The Morgan fingerprint density at radius 1 is 1.25 bits per heavy atom. The van der Waals surface area contributed by atoms with E-state index in [2.05, 4.69) is 52.2 Å². The zero-order valence-electron chi connectivity index (χ0n) is 14.2. The first kappa shape index (κ1) is 16.7. The van der Waals surface area contributed by atoms with Crippen LogP contribution in [0.2, 0.25) is 0 Å². The first-order chi connectivity index (χ1) is 11.5. The molecule has 1 aromatic carbocycles. The molecule has 2 aromatic heterocycles. The molecule has 0 radical (unpaired) electrons. The summed E-state index contributed by atoms with van der Waals surface area (Å²) in [6.45, 7) is 7.40. The molecule has 0 fully saturated rings. The Hall–Kier alpha value is -2.18. The molecule has 2 N–H and O–H groups in total. The summed E-state index contributed by atoms with van der Waals surface area (Å²) in [7, 11) is 0. The molecule has 0 aliphatic rings. The van der Waals surface area contributed by atoms with E-state index in [-0.39, 0.29) is 5.91 Å². The highest BCUT2D eigenvalue weighted by molar-refractivity contribution is 7.17. The van der Waals surface area contributed by atoms with Gasteiger partial charge in [0.1, 0.15) is 0 Å². The van der Waals surface area contributed by atoms with Crippen molar-refractivity contribution in [1.29, 1.82) is 0 Å². The fourth-order valence-electron chi connectivity index (χ4n) is 2.72. The number of nitrogens with zero attached hydrogens (tertiary/aromatic N) is 2. The van der Waals surface area contributed by atoms with Crippen molar-refractivity contribution in [3.05, 3.63) is 52.3 Å². The van der Waals surface area contributed by atoms with Gasteiger partial charge in [-0.05, 0) is 44.5 Å². The predicted molar refractivity (Wildman–Crippen MR) is 98.7 cm³/mol. The van der Waals surface area contributed by atoms with Crippen LogP contribution >= 0.6 is 11.3 Å². The van der Waals surface area contributed by atoms with E-state index in [0.717, 1.165) is 35.9 Å². The van der Waals surface area contributed by atoms with Crippen molar-refractivity contribution in [3.8, 4) is 0 Å². The Labute approximate surface area is 145 Å². The third kappa shape index (κ3) is 3.83. The van der Waals surface area contributed by atoms with Crippen LogP contribution in [0.1, 0.15) is 28.8 Å². The second kappa shape index (κ2) is 7.15. The third-order valence-corrected chi connectivity index (χ3v) is 4.80. The minimum absolute atomic E-state index is 0.0458. The molecule has 126 valence electrons. The number of benzene rings is 1. The molecule has 2 heterocycles. The second-order valence-electron chi connectivity index (χ2n) is 5.94. The van der Waals surface area contributed by atoms with Gasteiger partial charge >= 0.3 is 0 Å². The van der Waals surface area contributed by atoms with E-state index in [1.54, 1.807) is 11.3 Å². The normalized spacial score (nSPS) is 11.1. The number of anilines is 1. The summed E-state index contributed by atoms with van der Waals surface area (Å²) in [6, 6.07) is 7.99. The summed E-state index contributed by atoms with van der Waals surface area (Å²) >= 11 is 1.72. The molecule has 3 rings (SSSR count). The van der Waals surface area contributed by atoms with Crippen LogP contribution in [-0.2, 0) is 17.8 Å². The first-order valence-electron chi connectivity index (χ1n) is 8.04. The number of carbonyl (C=O) groups is 1. The van der Waals surface area contributed by atoms with Crippen molar-refractivity contribution in [2.75, 3.05) is 11.9 Å². The minimum Gasteiger partial charge on any atom is -0.326 e. The van der Waals surface area contributed by atoms with Gasteiger partial charge in [-0.15, -0.1) is 11.3 Å². The van der Waals surface area contributed by atoms with Gasteiger partial charge in [0.25, 0.3) is 0 Å². The molecule has 1 amide bonds. The SMILES string of the molecule is CC(=O)Nc1ccc(CCNCc2c(C)nc3sc(C)cn23)cc1. The van der Waals surface area contributed by atoms with Gasteiger partial charge in [0.2, 0.25) is 5.91 Å². The smallest absolute Gasteiger partial charge is 0.221 e. The monoisotopic (exact) mass is 342 g/mol. The molecule has 6 heteroatoms. The minimum atomic E-state index is -0.0458. The van der Waals surface area contributed by atoms with E-state index in [1.807, 2.05) is 12.1 Å². The number of rotatable bonds is 6. The lowest BCUT2D eigenvalue weighted by Crippen LogP contribution is -2.18. The quantitative estimate of drug-likeness (QED) is 0.676. The Balaban J connectivity index is 1.53. The van der Waals surface area contributed by atoms with E-state index >= 15 is 0 Å². The third-order valence-electron chi connectivity index (χ3n) is 3.90. The molecule has 0 unspecified atom stereocenters. The van der Waals surface area contributed by atoms with Gasteiger partial charge < -0.3 is 10.6 Å². The maximum atomic E-state index is 11.0. The Morgan fingerprint density at radius 3 is 2.71 bits per heavy atom. The molecule has 24 heavy (non-hydrogen) atoms. The molecule has 0 aliphatic carbocycles. The first-order valence-corrected chi connectivity index (χ1v) is 8.86. The summed E-state index contributed by atoms with van der Waals surface area (Å²) in [4.78, 5) is 18.0. The maximum Gasteiger partial charge on any atom is 0.221 e. The number of thiazole rings is 1. The molecule has 5 nitrogen and oxygen atoms in total. The molecule has 0 aliphatic heterocycles. The van der Waals surface area contributed by atoms with Gasteiger partial charge in [0, 0.05) is 30.2 Å². The lowest BCUT2D eigenvalue weighted by molar-refractivity contribution is -0.114. The van der Waals surface area contributed by atoms with Crippen LogP contribution in [0.5, 0.6) is 0 Å². The average Bonchev–Trinajstić information content (AvgIpc) is 3.00. The highest BCUT2D eigenvalue weighted by Gasteiger charge is 2.10. The van der Waals surface area contributed by atoms with E-state index in [1.165, 1.54) is 23.1 Å². The highest BCUT2D eigenvalue weighted by Crippen LogP contribution is 2.20. The lowest BCUT2D eigenvalue weighted by Gasteiger charge is -2.07. The number of aromatic nitrogens is 2. The van der Waals surface area contributed by atoms with Crippen LogP contribution in [0.15, 0.2) is 30.5 Å². The second-order valence-corrected chi connectivity index (χ2v) is 7.16. The highest BCUT2D eigenvalue weighted by atomic mass is 32.1. The molecule has 0 spiro atoms. The van der Waals surface area contributed by atoms with Crippen molar-refractivity contribution < 1.29 is 4.79 Å². The molecular weight excluding hydrogens is 320 g/mol. The van der Waals surface area contributed by atoms with Crippen molar-refractivity contribution in [3.63, 3.8) is 0 Å². The fourth-order valence-corrected chi connectivity index (χ4v) is 3.61. The number of amides is 1. The Kier molecular flexibility index (Phi) is 4.97. The van der Waals surface area contributed by atoms with Crippen LogP contribution in [0.3, 0.4) is 0 Å². The molecule has 0 saturated heterocycles.